The lowest BCUT2D eigenvalue weighted by Crippen LogP contribution is -2.26. The van der Waals surface area contributed by atoms with E-state index in [0.29, 0.717) is 11.4 Å². The van der Waals surface area contributed by atoms with Crippen molar-refractivity contribution in [2.75, 3.05) is 25.6 Å². The summed E-state index contributed by atoms with van der Waals surface area (Å²) >= 11 is 0. The molecule has 7 heteroatoms. The summed E-state index contributed by atoms with van der Waals surface area (Å²) in [5.41, 5.74) is 0.442. The molecule has 0 aliphatic carbocycles. The fourth-order valence-electron chi connectivity index (χ4n) is 1.90. The summed E-state index contributed by atoms with van der Waals surface area (Å²) in [6.45, 7) is 0. The van der Waals surface area contributed by atoms with Crippen molar-refractivity contribution in [1.29, 1.82) is 0 Å². The third-order valence-corrected chi connectivity index (χ3v) is 5.00. The smallest absolute Gasteiger partial charge is 0.264 e. The molecule has 5 nitrogen and oxygen atoms in total. The van der Waals surface area contributed by atoms with Crippen LogP contribution in [-0.2, 0) is 10.0 Å². The lowest BCUT2D eigenvalue weighted by molar-refractivity contribution is 0.385. The van der Waals surface area contributed by atoms with Crippen LogP contribution < -0.4 is 13.8 Å². The van der Waals surface area contributed by atoms with Crippen LogP contribution in [0.1, 0.15) is 0 Å². The molecule has 118 valence electrons. The summed E-state index contributed by atoms with van der Waals surface area (Å²) in [6, 6.07) is 10.0. The highest BCUT2D eigenvalue weighted by Crippen LogP contribution is 2.26. The van der Waals surface area contributed by atoms with E-state index < -0.39 is 15.8 Å². The van der Waals surface area contributed by atoms with E-state index in [9.17, 15) is 12.8 Å². The molecule has 0 aliphatic heterocycles. The number of sulfonamides is 1. The maximum Gasteiger partial charge on any atom is 0.264 e. The third kappa shape index (κ3) is 2.99. The number of hydrogen-bond donors (Lipinski definition) is 0. The van der Waals surface area contributed by atoms with Crippen molar-refractivity contribution in [3.8, 4) is 11.5 Å². The van der Waals surface area contributed by atoms with Gasteiger partial charge in [0, 0.05) is 7.05 Å². The van der Waals surface area contributed by atoms with Gasteiger partial charge in [-0.3, -0.25) is 4.31 Å². The number of halogens is 1. The van der Waals surface area contributed by atoms with E-state index in [1.54, 1.807) is 24.3 Å². The highest BCUT2D eigenvalue weighted by atomic mass is 32.2. The Kier molecular flexibility index (Phi) is 4.56. The van der Waals surface area contributed by atoms with Crippen molar-refractivity contribution in [3.63, 3.8) is 0 Å². The molecular formula is C15H16FNO4S. The Bertz CT molecular complexity index is 760. The van der Waals surface area contributed by atoms with Crippen molar-refractivity contribution >= 4 is 15.7 Å². The monoisotopic (exact) mass is 325 g/mol. The average Bonchev–Trinajstić information content (AvgIpc) is 2.54. The summed E-state index contributed by atoms with van der Waals surface area (Å²) in [6.07, 6.45) is 0. The van der Waals surface area contributed by atoms with E-state index in [4.69, 9.17) is 9.47 Å². The lowest BCUT2D eigenvalue weighted by atomic mass is 10.3. The molecule has 0 heterocycles. The number of nitrogens with zero attached hydrogens (tertiary/aromatic N) is 1. The Morgan fingerprint density at radius 3 is 2.14 bits per heavy atom. The summed E-state index contributed by atoms with van der Waals surface area (Å²) < 4.78 is 49.7. The molecule has 2 aromatic rings. The molecule has 0 radical (unpaired) electrons. The molecule has 0 N–H and O–H groups in total. The van der Waals surface area contributed by atoms with Gasteiger partial charge in [-0.2, -0.15) is 0 Å². The van der Waals surface area contributed by atoms with Gasteiger partial charge in [-0.15, -0.1) is 0 Å². The SMILES string of the molecule is COc1ccc(N(C)S(=O)(=O)c2ccc(OC)c(F)c2)cc1. The minimum Gasteiger partial charge on any atom is -0.497 e. The van der Waals surface area contributed by atoms with Gasteiger partial charge in [0.1, 0.15) is 5.75 Å². The molecule has 0 saturated carbocycles. The van der Waals surface area contributed by atoms with E-state index in [2.05, 4.69) is 0 Å². The molecule has 2 aromatic carbocycles. The van der Waals surface area contributed by atoms with Gasteiger partial charge >= 0.3 is 0 Å². The first kappa shape index (κ1) is 16.1. The second-order valence-electron chi connectivity index (χ2n) is 4.47. The number of hydrogen-bond acceptors (Lipinski definition) is 4. The maximum atomic E-state index is 13.7. The highest BCUT2D eigenvalue weighted by Gasteiger charge is 2.22. The molecule has 22 heavy (non-hydrogen) atoms. The lowest BCUT2D eigenvalue weighted by Gasteiger charge is -2.20. The van der Waals surface area contributed by atoms with Gasteiger partial charge in [0.05, 0.1) is 24.8 Å². The van der Waals surface area contributed by atoms with E-state index in [1.807, 2.05) is 0 Å². The van der Waals surface area contributed by atoms with Crippen molar-refractivity contribution in [2.24, 2.45) is 0 Å². The van der Waals surface area contributed by atoms with Crippen LogP contribution in [0.3, 0.4) is 0 Å². The van der Waals surface area contributed by atoms with Crippen LogP contribution in [-0.4, -0.2) is 29.7 Å². The Balaban J connectivity index is 2.37. The summed E-state index contributed by atoms with van der Waals surface area (Å²) in [7, 11) is 0.379. The second kappa shape index (κ2) is 6.23. The minimum absolute atomic E-state index is 0.00829. The molecule has 0 aliphatic rings. The number of ether oxygens (including phenoxy) is 2. The van der Waals surface area contributed by atoms with Gasteiger partial charge in [0.2, 0.25) is 0 Å². The zero-order valence-corrected chi connectivity index (χ0v) is 13.2. The van der Waals surface area contributed by atoms with Gasteiger partial charge < -0.3 is 9.47 Å². The molecule has 0 spiro atoms. The normalized spacial score (nSPS) is 11.1. The fourth-order valence-corrected chi connectivity index (χ4v) is 3.10. The highest BCUT2D eigenvalue weighted by molar-refractivity contribution is 7.92. The fraction of sp³-hybridized carbons (Fsp3) is 0.200. The molecular weight excluding hydrogens is 309 g/mol. The predicted octanol–water partition coefficient (Wildman–Crippen LogP) is 2.67. The zero-order valence-electron chi connectivity index (χ0n) is 12.4. The van der Waals surface area contributed by atoms with Crippen molar-refractivity contribution in [3.05, 3.63) is 48.3 Å². The van der Waals surface area contributed by atoms with Gasteiger partial charge in [0.15, 0.2) is 11.6 Å². The zero-order chi connectivity index (χ0) is 16.3. The van der Waals surface area contributed by atoms with Crippen molar-refractivity contribution in [2.45, 2.75) is 4.90 Å². The van der Waals surface area contributed by atoms with Crippen LogP contribution >= 0.6 is 0 Å². The molecule has 0 saturated heterocycles. The quantitative estimate of drug-likeness (QED) is 0.848. The molecule has 0 aromatic heterocycles. The molecule has 0 bridgehead atoms. The predicted molar refractivity (Wildman–Crippen MR) is 81.5 cm³/mol. The first-order chi connectivity index (χ1) is 10.4. The Labute approximate surface area is 128 Å². The first-order valence-corrected chi connectivity index (χ1v) is 7.80. The van der Waals surface area contributed by atoms with E-state index >= 15 is 0 Å². The van der Waals surface area contributed by atoms with Gasteiger partial charge in [0.25, 0.3) is 10.0 Å². The third-order valence-electron chi connectivity index (χ3n) is 3.22. The number of methoxy groups -OCH3 is 2. The summed E-state index contributed by atoms with van der Waals surface area (Å²) in [5.74, 6) is -0.122. The van der Waals surface area contributed by atoms with Crippen LogP contribution in [0, 0.1) is 5.82 Å². The maximum absolute atomic E-state index is 13.7. The molecule has 2 rings (SSSR count). The minimum atomic E-state index is -3.86. The first-order valence-electron chi connectivity index (χ1n) is 6.36. The van der Waals surface area contributed by atoms with Crippen LogP contribution in [0.4, 0.5) is 10.1 Å². The number of benzene rings is 2. The van der Waals surface area contributed by atoms with Gasteiger partial charge in [-0.1, -0.05) is 0 Å². The van der Waals surface area contributed by atoms with Crippen LogP contribution in [0.2, 0.25) is 0 Å². The average molecular weight is 325 g/mol. The standard InChI is InChI=1S/C15H16FNO4S/c1-17(11-4-6-12(20-2)7-5-11)22(18,19)13-8-9-15(21-3)14(16)10-13/h4-10H,1-3H3. The van der Waals surface area contributed by atoms with Crippen molar-refractivity contribution in [1.82, 2.24) is 0 Å². The molecule has 0 fully saturated rings. The summed E-state index contributed by atoms with van der Waals surface area (Å²) in [4.78, 5) is -0.149. The van der Waals surface area contributed by atoms with Gasteiger partial charge in [-0.05, 0) is 42.5 Å². The number of anilines is 1. The summed E-state index contributed by atoms with van der Waals surface area (Å²) in [5, 5.41) is 0. The topological polar surface area (TPSA) is 55.8 Å². The molecule has 0 amide bonds. The van der Waals surface area contributed by atoms with E-state index in [1.165, 1.54) is 33.4 Å². The molecule has 0 unspecified atom stereocenters. The second-order valence-corrected chi connectivity index (χ2v) is 6.44. The van der Waals surface area contributed by atoms with Crippen LogP contribution in [0.15, 0.2) is 47.4 Å². The van der Waals surface area contributed by atoms with E-state index in [0.717, 1.165) is 10.4 Å². The van der Waals surface area contributed by atoms with Gasteiger partial charge in [-0.25, -0.2) is 12.8 Å². The Morgan fingerprint density at radius 2 is 1.64 bits per heavy atom. The van der Waals surface area contributed by atoms with Crippen LogP contribution in [0.5, 0.6) is 11.5 Å². The Morgan fingerprint density at radius 1 is 1.00 bits per heavy atom. The molecule has 0 atom stereocenters. The number of rotatable bonds is 5. The van der Waals surface area contributed by atoms with Crippen molar-refractivity contribution < 1.29 is 22.3 Å². The van der Waals surface area contributed by atoms with Crippen LogP contribution in [0.25, 0.3) is 0 Å². The Hall–Kier alpha value is -2.28. The largest absolute Gasteiger partial charge is 0.497 e. The van der Waals surface area contributed by atoms with E-state index in [-0.39, 0.29) is 10.6 Å².